The third-order valence-electron chi connectivity index (χ3n) is 0.993. The zero-order chi connectivity index (χ0) is 9.07. The van der Waals surface area contributed by atoms with Gasteiger partial charge in [-0.25, -0.2) is 4.79 Å². The fourth-order valence-electron chi connectivity index (χ4n) is 0.513. The molecule has 2 nitrogen and oxygen atoms in total. The smallest absolute Gasteiger partial charge is 0.410 e. The Balaban J connectivity index is 4.49. The largest absolute Gasteiger partial charge is 0.478 e. The third-order valence-corrected chi connectivity index (χ3v) is 0.993. The van der Waals surface area contributed by atoms with Crippen molar-refractivity contribution in [3.8, 4) is 0 Å². The molecule has 0 bridgehead atoms. The van der Waals surface area contributed by atoms with Crippen LogP contribution >= 0.6 is 0 Å². The van der Waals surface area contributed by atoms with E-state index in [9.17, 15) is 18.0 Å². The molecular formula is C6H7F3O2. The number of hydrogen-bond donors (Lipinski definition) is 1. The van der Waals surface area contributed by atoms with Crippen LogP contribution in [0.25, 0.3) is 0 Å². The van der Waals surface area contributed by atoms with Crippen LogP contribution in [0.5, 0.6) is 0 Å². The maximum atomic E-state index is 11.5. The van der Waals surface area contributed by atoms with Gasteiger partial charge in [0.25, 0.3) is 0 Å². The normalized spacial score (nSPS) is 13.3. The average Bonchev–Trinajstić information content (AvgIpc) is 1.80. The molecule has 0 fully saturated rings. The second-order valence-electron chi connectivity index (χ2n) is 1.87. The molecule has 0 aromatic carbocycles. The molecule has 1 N–H and O–H groups in total. The Morgan fingerprint density at radius 2 is 2.00 bits per heavy atom. The molecule has 5 heteroatoms. The molecule has 0 unspecified atom stereocenters. The zero-order valence-corrected chi connectivity index (χ0v) is 5.77. The summed E-state index contributed by atoms with van der Waals surface area (Å²) in [5, 5.41) is 8.17. The van der Waals surface area contributed by atoms with Gasteiger partial charge >= 0.3 is 12.1 Å². The summed E-state index contributed by atoms with van der Waals surface area (Å²) in [6.07, 6.45) is -4.87. The van der Waals surface area contributed by atoms with E-state index in [1.165, 1.54) is 6.92 Å². The van der Waals surface area contributed by atoms with Crippen molar-refractivity contribution in [1.29, 1.82) is 0 Å². The van der Waals surface area contributed by atoms with Crippen molar-refractivity contribution in [3.05, 3.63) is 11.6 Å². The van der Waals surface area contributed by atoms with Gasteiger partial charge in [-0.05, 0) is 6.42 Å². The Morgan fingerprint density at radius 3 is 2.09 bits per heavy atom. The average molecular weight is 168 g/mol. The maximum Gasteiger partial charge on any atom is 0.410 e. The minimum atomic E-state index is -4.54. The lowest BCUT2D eigenvalue weighted by atomic mass is 10.2. The predicted molar refractivity (Wildman–Crippen MR) is 32.1 cm³/mol. The number of alkyl halides is 3. The van der Waals surface area contributed by atoms with Crippen LogP contribution in [0.4, 0.5) is 13.2 Å². The van der Waals surface area contributed by atoms with Crippen molar-refractivity contribution >= 4 is 5.97 Å². The standard InChI is InChI=1S/C6H7F3O2/c1-2-4(5(10)11)3-6(7,8)9/h3H,2H2,1H3,(H,10,11)/b4-3+. The molecule has 0 saturated carbocycles. The van der Waals surface area contributed by atoms with Crippen molar-refractivity contribution in [2.24, 2.45) is 0 Å². The van der Waals surface area contributed by atoms with Crippen LogP contribution in [0.3, 0.4) is 0 Å². The van der Waals surface area contributed by atoms with Crippen molar-refractivity contribution in [2.45, 2.75) is 19.5 Å². The maximum absolute atomic E-state index is 11.5. The Hall–Kier alpha value is -1.00. The van der Waals surface area contributed by atoms with Gasteiger partial charge in [0.15, 0.2) is 0 Å². The van der Waals surface area contributed by atoms with Gasteiger partial charge in [0, 0.05) is 11.6 Å². The molecule has 0 rings (SSSR count). The quantitative estimate of drug-likeness (QED) is 0.640. The number of aliphatic carboxylic acids is 1. The van der Waals surface area contributed by atoms with E-state index in [1.54, 1.807) is 0 Å². The summed E-state index contributed by atoms with van der Waals surface area (Å²) in [5.74, 6) is -1.52. The van der Waals surface area contributed by atoms with Crippen LogP contribution in [0.2, 0.25) is 0 Å². The van der Waals surface area contributed by atoms with Gasteiger partial charge < -0.3 is 5.11 Å². The summed E-state index contributed by atoms with van der Waals surface area (Å²) < 4.78 is 34.5. The topological polar surface area (TPSA) is 37.3 Å². The first kappa shape index (κ1) is 10.0. The van der Waals surface area contributed by atoms with Crippen molar-refractivity contribution in [2.75, 3.05) is 0 Å². The molecule has 0 amide bonds. The molecule has 0 aliphatic rings. The van der Waals surface area contributed by atoms with Crippen molar-refractivity contribution < 1.29 is 23.1 Å². The summed E-state index contributed by atoms with van der Waals surface area (Å²) in [5.41, 5.74) is -0.627. The van der Waals surface area contributed by atoms with E-state index in [-0.39, 0.29) is 12.5 Å². The van der Waals surface area contributed by atoms with Crippen LogP contribution in [-0.4, -0.2) is 17.3 Å². The van der Waals surface area contributed by atoms with Gasteiger partial charge in [0.2, 0.25) is 0 Å². The van der Waals surface area contributed by atoms with E-state index in [1.807, 2.05) is 0 Å². The first-order valence-corrected chi connectivity index (χ1v) is 2.88. The minimum absolute atomic E-state index is 0.130. The predicted octanol–water partition coefficient (Wildman–Crippen LogP) is 1.97. The summed E-state index contributed by atoms with van der Waals surface area (Å²) in [6, 6.07) is 0. The molecule has 0 atom stereocenters. The minimum Gasteiger partial charge on any atom is -0.478 e. The lowest BCUT2D eigenvalue weighted by Gasteiger charge is -2.01. The molecular weight excluding hydrogens is 161 g/mol. The van der Waals surface area contributed by atoms with Gasteiger partial charge in [0.1, 0.15) is 0 Å². The third kappa shape index (κ3) is 4.41. The Morgan fingerprint density at radius 1 is 1.55 bits per heavy atom. The molecule has 0 spiro atoms. The van der Waals surface area contributed by atoms with Crippen molar-refractivity contribution in [3.63, 3.8) is 0 Å². The SMILES string of the molecule is CC/C(=C\C(F)(F)F)C(=O)O. The fraction of sp³-hybridized carbons (Fsp3) is 0.500. The van der Waals surface area contributed by atoms with Gasteiger partial charge in [-0.15, -0.1) is 0 Å². The lowest BCUT2D eigenvalue weighted by Crippen LogP contribution is -2.08. The zero-order valence-electron chi connectivity index (χ0n) is 5.77. The van der Waals surface area contributed by atoms with E-state index in [2.05, 4.69) is 0 Å². The molecule has 0 heterocycles. The highest BCUT2D eigenvalue weighted by molar-refractivity contribution is 5.86. The van der Waals surface area contributed by atoms with Crippen molar-refractivity contribution in [1.82, 2.24) is 0 Å². The number of rotatable bonds is 2. The van der Waals surface area contributed by atoms with E-state index < -0.39 is 17.7 Å². The first-order valence-electron chi connectivity index (χ1n) is 2.88. The second-order valence-corrected chi connectivity index (χ2v) is 1.87. The Labute approximate surface area is 61.3 Å². The van der Waals surface area contributed by atoms with E-state index >= 15 is 0 Å². The lowest BCUT2D eigenvalue weighted by molar-refractivity contribution is -0.133. The molecule has 0 aromatic rings. The molecule has 11 heavy (non-hydrogen) atoms. The Kier molecular flexibility index (Phi) is 3.10. The molecule has 0 aromatic heterocycles. The molecule has 0 radical (unpaired) electrons. The molecule has 0 aliphatic heterocycles. The number of carboxylic acid groups (broad SMARTS) is 1. The first-order chi connectivity index (χ1) is 4.87. The van der Waals surface area contributed by atoms with E-state index in [4.69, 9.17) is 5.11 Å². The summed E-state index contributed by atoms with van der Waals surface area (Å²) >= 11 is 0. The van der Waals surface area contributed by atoms with Gasteiger partial charge in [-0.2, -0.15) is 13.2 Å². The number of allylic oxidation sites excluding steroid dienone is 1. The molecule has 64 valence electrons. The fourth-order valence-corrected chi connectivity index (χ4v) is 0.513. The van der Waals surface area contributed by atoms with Gasteiger partial charge in [-0.3, -0.25) is 0 Å². The van der Waals surface area contributed by atoms with Gasteiger partial charge in [-0.1, -0.05) is 6.92 Å². The molecule has 0 saturated heterocycles. The molecule has 0 aliphatic carbocycles. The van der Waals surface area contributed by atoms with E-state index in [0.717, 1.165) is 0 Å². The summed E-state index contributed by atoms with van der Waals surface area (Å²) in [7, 11) is 0. The Bertz CT molecular complexity index is 181. The highest BCUT2D eigenvalue weighted by atomic mass is 19.4. The van der Waals surface area contributed by atoms with E-state index in [0.29, 0.717) is 0 Å². The highest BCUT2D eigenvalue weighted by Gasteiger charge is 2.25. The number of hydrogen-bond acceptors (Lipinski definition) is 1. The van der Waals surface area contributed by atoms with Crippen LogP contribution in [0.1, 0.15) is 13.3 Å². The van der Waals surface area contributed by atoms with Crippen LogP contribution in [0.15, 0.2) is 11.6 Å². The van der Waals surface area contributed by atoms with Crippen LogP contribution in [0, 0.1) is 0 Å². The number of carbonyl (C=O) groups is 1. The van der Waals surface area contributed by atoms with Gasteiger partial charge in [0.05, 0.1) is 0 Å². The number of carboxylic acids is 1. The second kappa shape index (κ2) is 3.41. The summed E-state index contributed by atoms with van der Waals surface area (Å²) in [4.78, 5) is 10.0. The van der Waals surface area contributed by atoms with Crippen LogP contribution < -0.4 is 0 Å². The van der Waals surface area contributed by atoms with Crippen LogP contribution in [-0.2, 0) is 4.79 Å². The number of halogens is 3. The summed E-state index contributed by atoms with van der Waals surface area (Å²) in [6.45, 7) is 1.35. The monoisotopic (exact) mass is 168 g/mol. The highest BCUT2D eigenvalue weighted by Crippen LogP contribution is 2.19.